The van der Waals surface area contributed by atoms with Crippen LogP contribution < -0.4 is 5.32 Å². The molecule has 0 spiro atoms. The van der Waals surface area contributed by atoms with Crippen LogP contribution in [0, 0.1) is 5.41 Å². The fraction of sp³-hybridized carbons (Fsp3) is 0.750. The summed E-state index contributed by atoms with van der Waals surface area (Å²) in [6, 6.07) is 0. The van der Waals surface area contributed by atoms with Crippen molar-refractivity contribution in [2.24, 2.45) is 5.41 Å². The highest BCUT2D eigenvalue weighted by atomic mass is 32.2. The third kappa shape index (κ3) is 4.24. The number of carbonyl (C=O) groups excluding carboxylic acids is 1. The van der Waals surface area contributed by atoms with E-state index in [1.165, 1.54) is 11.3 Å². The molecule has 1 atom stereocenters. The van der Waals surface area contributed by atoms with E-state index < -0.39 is 0 Å². The molecule has 0 aliphatic carbocycles. The van der Waals surface area contributed by atoms with Crippen molar-refractivity contribution in [1.82, 2.24) is 10.2 Å². The number of hydrogen-bond donors (Lipinski definition) is 1. The molecule has 4 nitrogen and oxygen atoms in total. The molecule has 0 saturated carbocycles. The minimum absolute atomic E-state index is 0.00115. The summed E-state index contributed by atoms with van der Waals surface area (Å²) in [5.41, 5.74) is -0.365. The van der Waals surface area contributed by atoms with E-state index in [1.807, 2.05) is 20.8 Å². The molecule has 0 saturated heterocycles. The van der Waals surface area contributed by atoms with Crippen molar-refractivity contribution in [1.29, 1.82) is 0 Å². The second kappa shape index (κ2) is 6.52. The monoisotopic (exact) mass is 287 g/mol. The van der Waals surface area contributed by atoms with E-state index in [2.05, 4.69) is 29.4 Å². The van der Waals surface area contributed by atoms with Crippen LogP contribution in [0.25, 0.3) is 0 Å². The van der Waals surface area contributed by atoms with Crippen LogP contribution in [-0.2, 0) is 4.79 Å². The zero-order chi connectivity index (χ0) is 13.8. The number of amides is 1. The summed E-state index contributed by atoms with van der Waals surface area (Å²) in [5.74, 6) is 0.00115. The second-order valence-electron chi connectivity index (χ2n) is 4.90. The topological polar surface area (TPSA) is 54.9 Å². The van der Waals surface area contributed by atoms with E-state index in [-0.39, 0.29) is 11.3 Å². The maximum absolute atomic E-state index is 12.0. The average molecular weight is 287 g/mol. The number of hydrogen-bond acceptors (Lipinski definition) is 5. The van der Waals surface area contributed by atoms with Gasteiger partial charge in [0.15, 0.2) is 4.34 Å². The molecule has 1 rings (SSSR count). The van der Waals surface area contributed by atoms with Gasteiger partial charge < -0.3 is 5.32 Å². The first-order valence-corrected chi connectivity index (χ1v) is 7.90. The van der Waals surface area contributed by atoms with Gasteiger partial charge in [0.25, 0.3) is 0 Å². The normalized spacial score (nSPS) is 13.4. The lowest BCUT2D eigenvalue weighted by Crippen LogP contribution is -2.29. The van der Waals surface area contributed by atoms with Crippen molar-refractivity contribution in [2.45, 2.75) is 57.0 Å². The lowest BCUT2D eigenvalue weighted by atomic mass is 9.89. The fourth-order valence-electron chi connectivity index (χ4n) is 0.990. The first-order valence-electron chi connectivity index (χ1n) is 6.20. The minimum atomic E-state index is -0.365. The van der Waals surface area contributed by atoms with Crippen LogP contribution in [0.3, 0.4) is 0 Å². The summed E-state index contributed by atoms with van der Waals surface area (Å²) >= 11 is 3.14. The van der Waals surface area contributed by atoms with Gasteiger partial charge in [0.1, 0.15) is 0 Å². The van der Waals surface area contributed by atoms with Gasteiger partial charge in [-0.05, 0) is 12.8 Å². The first-order chi connectivity index (χ1) is 8.39. The van der Waals surface area contributed by atoms with E-state index in [1.54, 1.807) is 11.8 Å². The molecular formula is C12H21N3OS2. The summed E-state index contributed by atoms with van der Waals surface area (Å²) in [6.45, 7) is 10.2. The molecule has 18 heavy (non-hydrogen) atoms. The number of aromatic nitrogens is 2. The maximum Gasteiger partial charge on any atom is 0.231 e. The van der Waals surface area contributed by atoms with Gasteiger partial charge >= 0.3 is 0 Å². The average Bonchev–Trinajstić information content (AvgIpc) is 2.76. The van der Waals surface area contributed by atoms with Gasteiger partial charge in [-0.1, -0.05) is 57.7 Å². The molecule has 1 aromatic heterocycles. The molecule has 0 bridgehead atoms. The number of nitrogens with one attached hydrogen (secondary N) is 1. The van der Waals surface area contributed by atoms with Crippen molar-refractivity contribution < 1.29 is 4.79 Å². The highest BCUT2D eigenvalue weighted by Crippen LogP contribution is 2.31. The van der Waals surface area contributed by atoms with Gasteiger partial charge in [-0.25, -0.2) is 0 Å². The molecule has 1 N–H and O–H groups in total. The van der Waals surface area contributed by atoms with Crippen molar-refractivity contribution >= 4 is 34.1 Å². The van der Waals surface area contributed by atoms with Gasteiger partial charge in [0.05, 0.1) is 0 Å². The van der Waals surface area contributed by atoms with Crippen LogP contribution in [0.5, 0.6) is 0 Å². The quantitative estimate of drug-likeness (QED) is 0.638. The summed E-state index contributed by atoms with van der Waals surface area (Å²) in [5, 5.41) is 12.0. The molecule has 1 aromatic rings. The number of anilines is 1. The molecule has 1 heterocycles. The van der Waals surface area contributed by atoms with Gasteiger partial charge in [-0.2, -0.15) is 0 Å². The summed E-state index contributed by atoms with van der Waals surface area (Å²) in [4.78, 5) is 12.0. The van der Waals surface area contributed by atoms with E-state index >= 15 is 0 Å². The fourth-order valence-corrected chi connectivity index (χ4v) is 2.98. The molecule has 0 aromatic carbocycles. The maximum atomic E-state index is 12.0. The Balaban J connectivity index is 2.62. The molecule has 0 radical (unpaired) electrons. The van der Waals surface area contributed by atoms with Gasteiger partial charge in [0, 0.05) is 10.7 Å². The third-order valence-corrected chi connectivity index (χ3v) is 5.19. The van der Waals surface area contributed by atoms with Gasteiger partial charge in [0.2, 0.25) is 11.0 Å². The molecular weight excluding hydrogens is 266 g/mol. The second-order valence-corrected chi connectivity index (χ2v) is 7.56. The van der Waals surface area contributed by atoms with E-state index in [4.69, 9.17) is 0 Å². The van der Waals surface area contributed by atoms with E-state index in [0.717, 1.165) is 17.2 Å². The van der Waals surface area contributed by atoms with Gasteiger partial charge in [-0.3, -0.25) is 4.79 Å². The zero-order valence-corrected chi connectivity index (χ0v) is 13.2. The molecule has 6 heteroatoms. The largest absolute Gasteiger partial charge is 0.300 e. The summed E-state index contributed by atoms with van der Waals surface area (Å²) < 4.78 is 0.911. The highest BCUT2D eigenvalue weighted by Gasteiger charge is 2.26. The number of rotatable bonds is 6. The molecule has 0 fully saturated rings. The molecule has 0 aliphatic rings. The lowest BCUT2D eigenvalue weighted by molar-refractivity contribution is -0.124. The Labute approximate surface area is 117 Å². The van der Waals surface area contributed by atoms with Crippen LogP contribution in [0.2, 0.25) is 0 Å². The minimum Gasteiger partial charge on any atom is -0.300 e. The van der Waals surface area contributed by atoms with Crippen LogP contribution in [0.1, 0.15) is 47.5 Å². The summed E-state index contributed by atoms with van der Waals surface area (Å²) in [7, 11) is 0. The number of nitrogens with zero attached hydrogens (tertiary/aromatic N) is 2. The Morgan fingerprint density at radius 2 is 2.11 bits per heavy atom. The number of carbonyl (C=O) groups is 1. The SMILES string of the molecule is CCC(C)Sc1nnc(NC(=O)C(C)(C)CC)s1. The Hall–Kier alpha value is -0.620. The molecule has 1 unspecified atom stereocenters. The molecule has 102 valence electrons. The van der Waals surface area contributed by atoms with Crippen molar-refractivity contribution in [2.75, 3.05) is 5.32 Å². The van der Waals surface area contributed by atoms with Gasteiger partial charge in [-0.15, -0.1) is 10.2 Å². The van der Waals surface area contributed by atoms with E-state index in [9.17, 15) is 4.79 Å². The smallest absolute Gasteiger partial charge is 0.231 e. The lowest BCUT2D eigenvalue weighted by Gasteiger charge is -2.20. The Bertz CT molecular complexity index is 404. The Morgan fingerprint density at radius 3 is 2.67 bits per heavy atom. The van der Waals surface area contributed by atoms with Crippen molar-refractivity contribution in [3.05, 3.63) is 0 Å². The Kier molecular flexibility index (Phi) is 5.59. The summed E-state index contributed by atoms with van der Waals surface area (Å²) in [6.07, 6.45) is 1.89. The van der Waals surface area contributed by atoms with Crippen LogP contribution >= 0.6 is 23.1 Å². The molecule has 0 aliphatic heterocycles. The van der Waals surface area contributed by atoms with Crippen molar-refractivity contribution in [3.8, 4) is 0 Å². The van der Waals surface area contributed by atoms with Crippen LogP contribution in [0.15, 0.2) is 4.34 Å². The third-order valence-electron chi connectivity index (χ3n) is 3.00. The zero-order valence-electron chi connectivity index (χ0n) is 11.6. The Morgan fingerprint density at radius 1 is 1.44 bits per heavy atom. The van der Waals surface area contributed by atoms with Crippen LogP contribution in [-0.4, -0.2) is 21.4 Å². The number of thioether (sulfide) groups is 1. The first kappa shape index (κ1) is 15.4. The van der Waals surface area contributed by atoms with Crippen molar-refractivity contribution in [3.63, 3.8) is 0 Å². The van der Waals surface area contributed by atoms with E-state index in [0.29, 0.717) is 10.4 Å². The standard InChI is InChI=1S/C12H21N3OS2/c1-6-8(3)17-11-15-14-10(18-11)13-9(16)12(4,5)7-2/h8H,6-7H2,1-5H3,(H,13,14,16). The van der Waals surface area contributed by atoms with Crippen LogP contribution in [0.4, 0.5) is 5.13 Å². The predicted octanol–water partition coefficient (Wildman–Crippen LogP) is 3.80. The highest BCUT2D eigenvalue weighted by molar-refractivity contribution is 8.01. The molecule has 1 amide bonds. The predicted molar refractivity (Wildman–Crippen MR) is 78.2 cm³/mol.